The van der Waals surface area contributed by atoms with E-state index in [9.17, 15) is 0 Å². The van der Waals surface area contributed by atoms with Crippen molar-refractivity contribution in [2.24, 2.45) is 9.98 Å². The Morgan fingerprint density at radius 3 is 1.32 bits per heavy atom. The maximum atomic E-state index is 4.93. The Bertz CT molecular complexity index is 589. The molecule has 0 N–H and O–H groups in total. The summed E-state index contributed by atoms with van der Waals surface area (Å²) in [5.41, 5.74) is 4.31. The van der Waals surface area contributed by atoms with Crippen LogP contribution in [0.4, 0.5) is 11.4 Å². The smallest absolute Gasteiger partial charge is 0.0633 e. The fraction of sp³-hybridized carbons (Fsp3) is 0.364. The molecule has 0 spiro atoms. The van der Waals surface area contributed by atoms with Crippen LogP contribution >= 0.6 is 0 Å². The number of rotatable bonds is 9. The summed E-state index contributed by atoms with van der Waals surface area (Å²) in [4.78, 5) is 9.86. The molecule has 2 nitrogen and oxygen atoms in total. The van der Waals surface area contributed by atoms with Crippen molar-refractivity contribution in [3.63, 3.8) is 0 Å². The number of unbranched alkanes of at least 4 members (excludes halogenated alkanes) is 2. The van der Waals surface area contributed by atoms with Gasteiger partial charge in [0.25, 0.3) is 0 Å². The SMILES string of the molecule is CCCCC(=Nc1ccccc1)C(CCCC)=Nc1ccccc1.[Ni]. The molecule has 0 aliphatic carbocycles. The van der Waals surface area contributed by atoms with Crippen molar-refractivity contribution in [1.29, 1.82) is 0 Å². The predicted molar refractivity (Wildman–Crippen MR) is 106 cm³/mol. The van der Waals surface area contributed by atoms with Crippen LogP contribution in [0.25, 0.3) is 0 Å². The van der Waals surface area contributed by atoms with Crippen LogP contribution in [0.15, 0.2) is 70.6 Å². The van der Waals surface area contributed by atoms with Gasteiger partial charge in [0, 0.05) is 16.5 Å². The molecule has 0 radical (unpaired) electrons. The van der Waals surface area contributed by atoms with Crippen molar-refractivity contribution >= 4 is 22.8 Å². The number of benzene rings is 2. The summed E-state index contributed by atoms with van der Waals surface area (Å²) in [6.45, 7) is 4.44. The number of aliphatic imine (C=N–C) groups is 2. The quantitative estimate of drug-likeness (QED) is 0.334. The summed E-state index contributed by atoms with van der Waals surface area (Å²) in [5.74, 6) is 0. The maximum Gasteiger partial charge on any atom is 0.0633 e. The number of hydrogen-bond donors (Lipinski definition) is 0. The van der Waals surface area contributed by atoms with Crippen LogP contribution in [0.1, 0.15) is 52.4 Å². The van der Waals surface area contributed by atoms with E-state index in [4.69, 9.17) is 9.98 Å². The Hall–Kier alpha value is -1.73. The molecule has 2 aromatic rings. The van der Waals surface area contributed by atoms with Crippen molar-refractivity contribution < 1.29 is 16.5 Å². The standard InChI is InChI=1S/C22H28N2.Ni/c1-3-5-17-21(23-19-13-9-7-10-14-19)22(18-6-4-2)24-20-15-11-8-12-16-20;/h7-16H,3-6,17-18H2,1-2H3;. The summed E-state index contributed by atoms with van der Waals surface area (Å²) in [6.07, 6.45) is 6.60. The Labute approximate surface area is 162 Å². The van der Waals surface area contributed by atoms with Crippen molar-refractivity contribution in [3.8, 4) is 0 Å². The minimum atomic E-state index is 0. The number of para-hydroxylation sites is 2. The molecular weight excluding hydrogens is 351 g/mol. The Balaban J connectivity index is 0.00000312. The van der Waals surface area contributed by atoms with Gasteiger partial charge in [0.1, 0.15) is 0 Å². The topological polar surface area (TPSA) is 24.7 Å². The first-order valence-corrected chi connectivity index (χ1v) is 9.09. The molecular formula is C22H28N2Ni. The molecule has 0 fully saturated rings. The van der Waals surface area contributed by atoms with Crippen LogP contribution < -0.4 is 0 Å². The monoisotopic (exact) mass is 378 g/mol. The van der Waals surface area contributed by atoms with Gasteiger partial charge in [-0.15, -0.1) is 0 Å². The molecule has 2 aromatic carbocycles. The molecule has 0 aliphatic rings. The maximum absolute atomic E-state index is 4.93. The molecule has 25 heavy (non-hydrogen) atoms. The second-order valence-corrected chi connectivity index (χ2v) is 6.00. The Kier molecular flexibility index (Phi) is 10.8. The molecule has 0 saturated heterocycles. The number of nitrogens with zero attached hydrogens (tertiary/aromatic N) is 2. The van der Waals surface area contributed by atoms with Gasteiger partial charge in [-0.2, -0.15) is 0 Å². The number of hydrogen-bond acceptors (Lipinski definition) is 2. The zero-order chi connectivity index (χ0) is 17.0. The van der Waals surface area contributed by atoms with E-state index >= 15 is 0 Å². The largest absolute Gasteiger partial charge is 0.252 e. The average molecular weight is 379 g/mol. The first kappa shape index (κ1) is 21.3. The van der Waals surface area contributed by atoms with Gasteiger partial charge in [-0.25, -0.2) is 0 Å². The molecule has 0 aliphatic heterocycles. The molecule has 0 heterocycles. The second-order valence-electron chi connectivity index (χ2n) is 6.00. The van der Waals surface area contributed by atoms with E-state index in [1.165, 1.54) is 12.8 Å². The van der Waals surface area contributed by atoms with Gasteiger partial charge in [0.2, 0.25) is 0 Å². The first-order valence-electron chi connectivity index (χ1n) is 9.09. The van der Waals surface area contributed by atoms with Gasteiger partial charge in [-0.3, -0.25) is 9.98 Å². The van der Waals surface area contributed by atoms with Gasteiger partial charge in [-0.05, 0) is 49.9 Å². The van der Waals surface area contributed by atoms with Crippen molar-refractivity contribution in [2.45, 2.75) is 52.4 Å². The third kappa shape index (κ3) is 7.79. The zero-order valence-electron chi connectivity index (χ0n) is 15.2. The van der Waals surface area contributed by atoms with E-state index in [2.05, 4.69) is 38.1 Å². The van der Waals surface area contributed by atoms with Gasteiger partial charge in [0.15, 0.2) is 0 Å². The summed E-state index contributed by atoms with van der Waals surface area (Å²) in [5, 5.41) is 0. The van der Waals surface area contributed by atoms with E-state index in [1.807, 2.05) is 36.4 Å². The van der Waals surface area contributed by atoms with Crippen LogP contribution in [0, 0.1) is 0 Å². The molecule has 0 atom stereocenters. The van der Waals surface area contributed by atoms with E-state index in [0.29, 0.717) is 0 Å². The zero-order valence-corrected chi connectivity index (χ0v) is 16.2. The molecule has 0 aromatic heterocycles. The van der Waals surface area contributed by atoms with Crippen molar-refractivity contribution in [3.05, 3.63) is 60.7 Å². The molecule has 136 valence electrons. The van der Waals surface area contributed by atoms with Gasteiger partial charge >= 0.3 is 0 Å². The van der Waals surface area contributed by atoms with Gasteiger partial charge in [-0.1, -0.05) is 63.1 Å². The minimum Gasteiger partial charge on any atom is -0.252 e. The Morgan fingerprint density at radius 1 is 0.640 bits per heavy atom. The van der Waals surface area contributed by atoms with E-state index in [1.54, 1.807) is 0 Å². The molecule has 0 bridgehead atoms. The van der Waals surface area contributed by atoms with E-state index in [0.717, 1.165) is 48.5 Å². The first-order chi connectivity index (χ1) is 11.8. The fourth-order valence-corrected chi connectivity index (χ4v) is 2.53. The van der Waals surface area contributed by atoms with Gasteiger partial charge < -0.3 is 0 Å². The van der Waals surface area contributed by atoms with Crippen molar-refractivity contribution in [1.82, 2.24) is 0 Å². The van der Waals surface area contributed by atoms with Crippen LogP contribution in [-0.2, 0) is 16.5 Å². The molecule has 0 unspecified atom stereocenters. The van der Waals surface area contributed by atoms with Crippen LogP contribution in [-0.4, -0.2) is 11.4 Å². The van der Waals surface area contributed by atoms with E-state index in [-0.39, 0.29) is 16.5 Å². The third-order valence-electron chi connectivity index (χ3n) is 3.91. The molecule has 0 saturated carbocycles. The summed E-state index contributed by atoms with van der Waals surface area (Å²) in [6, 6.07) is 20.5. The summed E-state index contributed by atoms with van der Waals surface area (Å²) >= 11 is 0. The van der Waals surface area contributed by atoms with Crippen LogP contribution in [0.3, 0.4) is 0 Å². The van der Waals surface area contributed by atoms with E-state index < -0.39 is 0 Å². The predicted octanol–water partition coefficient (Wildman–Crippen LogP) is 6.91. The summed E-state index contributed by atoms with van der Waals surface area (Å²) < 4.78 is 0. The average Bonchev–Trinajstić information content (AvgIpc) is 2.64. The third-order valence-corrected chi connectivity index (χ3v) is 3.91. The fourth-order valence-electron chi connectivity index (χ4n) is 2.53. The Morgan fingerprint density at radius 2 is 1.00 bits per heavy atom. The summed E-state index contributed by atoms with van der Waals surface area (Å²) in [7, 11) is 0. The van der Waals surface area contributed by atoms with Gasteiger partial charge in [0.05, 0.1) is 22.8 Å². The molecule has 2 rings (SSSR count). The minimum absolute atomic E-state index is 0. The molecule has 0 amide bonds. The normalized spacial score (nSPS) is 11.9. The van der Waals surface area contributed by atoms with Crippen molar-refractivity contribution in [2.75, 3.05) is 0 Å². The second kappa shape index (κ2) is 12.6. The molecule has 3 heteroatoms. The van der Waals surface area contributed by atoms with Crippen LogP contribution in [0.5, 0.6) is 0 Å². The van der Waals surface area contributed by atoms with Crippen LogP contribution in [0.2, 0.25) is 0 Å².